The average Bonchev–Trinajstić information content (AvgIpc) is 2.92. The molecule has 0 unspecified atom stereocenters. The highest BCUT2D eigenvalue weighted by Gasteiger charge is 2.47. The molecule has 1 heterocycles. The van der Waals surface area contributed by atoms with E-state index in [4.69, 9.17) is 0 Å². The fourth-order valence-corrected chi connectivity index (χ4v) is 2.91. The number of hydrazine groups is 1. The molecular weight excluding hydrogens is 327 g/mol. The van der Waals surface area contributed by atoms with Gasteiger partial charge in [-0.05, 0) is 23.1 Å². The molecule has 1 amide bonds. The van der Waals surface area contributed by atoms with Crippen LogP contribution in [-0.4, -0.2) is 28.6 Å². The summed E-state index contributed by atoms with van der Waals surface area (Å²) in [5, 5.41) is 12.2. The van der Waals surface area contributed by atoms with Gasteiger partial charge in [-0.3, -0.25) is 20.3 Å². The van der Waals surface area contributed by atoms with Gasteiger partial charge in [-0.15, -0.1) is 0 Å². The van der Waals surface area contributed by atoms with E-state index in [0.717, 1.165) is 17.1 Å². The first-order valence-electron chi connectivity index (χ1n) is 7.08. The number of alkyl halides is 3. The molecule has 2 aromatic carbocycles. The van der Waals surface area contributed by atoms with Crippen molar-refractivity contribution in [2.45, 2.75) is 18.6 Å². The van der Waals surface area contributed by atoms with E-state index < -0.39 is 23.0 Å². The average molecular weight is 339 g/mol. The molecule has 126 valence electrons. The third-order valence-corrected chi connectivity index (χ3v) is 3.90. The maximum absolute atomic E-state index is 13.6. The van der Waals surface area contributed by atoms with Gasteiger partial charge in [0.2, 0.25) is 5.91 Å². The lowest BCUT2D eigenvalue weighted by atomic mass is 9.96. The van der Waals surface area contributed by atoms with E-state index >= 15 is 0 Å². The zero-order valence-corrected chi connectivity index (χ0v) is 12.2. The van der Waals surface area contributed by atoms with E-state index in [1.54, 1.807) is 0 Å². The summed E-state index contributed by atoms with van der Waals surface area (Å²) >= 11 is 0. The van der Waals surface area contributed by atoms with Crippen molar-refractivity contribution in [1.82, 2.24) is 10.4 Å². The van der Waals surface area contributed by atoms with Crippen LogP contribution in [0.5, 0.6) is 0 Å². The van der Waals surface area contributed by atoms with Crippen molar-refractivity contribution in [3.63, 3.8) is 0 Å². The van der Waals surface area contributed by atoms with Gasteiger partial charge in [0.1, 0.15) is 0 Å². The Morgan fingerprint density at radius 2 is 1.83 bits per heavy atom. The van der Waals surface area contributed by atoms with Crippen molar-refractivity contribution >= 4 is 22.4 Å². The summed E-state index contributed by atoms with van der Waals surface area (Å²) in [6.45, 7) is -0.0890. The molecule has 9 heteroatoms. The molecule has 2 aromatic rings. The van der Waals surface area contributed by atoms with Crippen LogP contribution >= 0.6 is 0 Å². The van der Waals surface area contributed by atoms with Gasteiger partial charge in [-0.1, -0.05) is 18.2 Å². The highest BCUT2D eigenvalue weighted by molar-refractivity contribution is 5.93. The predicted molar refractivity (Wildman–Crippen MR) is 78.9 cm³/mol. The molecule has 1 atom stereocenters. The fraction of sp³-hybridized carbons (Fsp3) is 0.267. The summed E-state index contributed by atoms with van der Waals surface area (Å²) in [6.07, 6.45) is -4.69. The first-order valence-corrected chi connectivity index (χ1v) is 7.08. The molecule has 3 rings (SSSR count). The summed E-state index contributed by atoms with van der Waals surface area (Å²) in [6, 6.07) is 5.96. The first-order chi connectivity index (χ1) is 11.3. The summed E-state index contributed by atoms with van der Waals surface area (Å²) in [4.78, 5) is 21.8. The Morgan fingerprint density at radius 3 is 2.38 bits per heavy atom. The maximum Gasteiger partial charge on any atom is 0.409 e. The van der Waals surface area contributed by atoms with Gasteiger partial charge in [0.15, 0.2) is 6.04 Å². The van der Waals surface area contributed by atoms with E-state index in [0.29, 0.717) is 0 Å². The van der Waals surface area contributed by atoms with Crippen LogP contribution in [0.3, 0.4) is 0 Å². The first kappa shape index (κ1) is 16.2. The second-order valence-corrected chi connectivity index (χ2v) is 5.40. The minimum Gasteiger partial charge on any atom is -0.288 e. The summed E-state index contributed by atoms with van der Waals surface area (Å²) in [7, 11) is 0. The number of nitrogens with zero attached hydrogens (tertiary/aromatic N) is 2. The maximum atomic E-state index is 13.6. The Bertz CT molecular complexity index is 822. The number of amides is 1. The van der Waals surface area contributed by atoms with E-state index in [9.17, 15) is 28.1 Å². The molecule has 0 bridgehead atoms. The number of rotatable bonds is 3. The molecule has 0 spiro atoms. The number of nitrogens with one attached hydrogen (secondary N) is 1. The van der Waals surface area contributed by atoms with Crippen LogP contribution in [0.4, 0.5) is 18.9 Å². The zero-order chi connectivity index (χ0) is 17.5. The van der Waals surface area contributed by atoms with E-state index in [1.165, 1.54) is 24.3 Å². The predicted octanol–water partition coefficient (Wildman–Crippen LogP) is 3.09. The SMILES string of the molecule is O=C1CCN([C@@H](c2ccc([N+](=O)[O-])c3ccccc23)C(F)(F)F)N1. The molecule has 1 aliphatic rings. The molecule has 1 saturated heterocycles. The number of hydrogen-bond donors (Lipinski definition) is 1. The molecule has 0 aliphatic carbocycles. The molecule has 1 aliphatic heterocycles. The Balaban J connectivity index is 2.20. The van der Waals surface area contributed by atoms with Crippen LogP contribution < -0.4 is 5.43 Å². The highest BCUT2D eigenvalue weighted by atomic mass is 19.4. The van der Waals surface area contributed by atoms with Gasteiger partial charge < -0.3 is 0 Å². The van der Waals surface area contributed by atoms with Gasteiger partial charge in [-0.25, -0.2) is 5.01 Å². The lowest BCUT2D eigenvalue weighted by Gasteiger charge is -2.30. The largest absolute Gasteiger partial charge is 0.409 e. The molecule has 1 fully saturated rings. The fourth-order valence-electron chi connectivity index (χ4n) is 2.91. The third-order valence-electron chi connectivity index (χ3n) is 3.90. The number of nitro groups is 1. The summed E-state index contributed by atoms with van der Waals surface area (Å²) in [5.41, 5.74) is 1.80. The van der Waals surface area contributed by atoms with Crippen LogP contribution in [-0.2, 0) is 4.79 Å². The van der Waals surface area contributed by atoms with Crippen molar-refractivity contribution < 1.29 is 22.9 Å². The molecule has 1 N–H and O–H groups in total. The Labute approximate surface area is 134 Å². The molecule has 0 saturated carbocycles. The second kappa shape index (κ2) is 5.75. The Morgan fingerprint density at radius 1 is 1.17 bits per heavy atom. The quantitative estimate of drug-likeness (QED) is 0.689. The molecule has 0 radical (unpaired) electrons. The van der Waals surface area contributed by atoms with Crippen molar-refractivity contribution in [1.29, 1.82) is 0 Å². The van der Waals surface area contributed by atoms with Gasteiger partial charge in [0, 0.05) is 19.0 Å². The highest BCUT2D eigenvalue weighted by Crippen LogP contribution is 2.42. The number of carbonyl (C=O) groups excluding carboxylic acids is 1. The molecule has 24 heavy (non-hydrogen) atoms. The third kappa shape index (κ3) is 2.78. The van der Waals surface area contributed by atoms with Crippen LogP contribution in [0.15, 0.2) is 36.4 Å². The number of fused-ring (bicyclic) bond motifs is 1. The normalized spacial score (nSPS) is 17.0. The molecule has 0 aromatic heterocycles. The number of halogens is 3. The van der Waals surface area contributed by atoms with Crippen LogP contribution in [0.1, 0.15) is 18.0 Å². The molecular formula is C15H12F3N3O3. The number of carbonyl (C=O) groups is 1. The van der Waals surface area contributed by atoms with Crippen molar-refractivity contribution in [2.75, 3.05) is 6.54 Å². The lowest BCUT2D eigenvalue weighted by molar-refractivity contribution is -0.383. The zero-order valence-electron chi connectivity index (χ0n) is 12.2. The van der Waals surface area contributed by atoms with Crippen LogP contribution in [0, 0.1) is 10.1 Å². The van der Waals surface area contributed by atoms with Gasteiger partial charge >= 0.3 is 6.18 Å². The van der Waals surface area contributed by atoms with E-state index in [-0.39, 0.29) is 35.0 Å². The standard InChI is InChI=1S/C15H12F3N3O3/c16-15(17,18)14(20-8-7-13(22)19-20)11-5-6-12(21(23)24)10-4-2-1-3-9(10)11/h1-6,14H,7-8H2,(H,19,22)/t14-/m0/s1. The van der Waals surface area contributed by atoms with Crippen molar-refractivity contribution in [2.24, 2.45) is 0 Å². The lowest BCUT2D eigenvalue weighted by Crippen LogP contribution is -2.43. The Hall–Kier alpha value is -2.68. The number of nitro benzene ring substituents is 1. The van der Waals surface area contributed by atoms with Crippen LogP contribution in [0.25, 0.3) is 10.8 Å². The second-order valence-electron chi connectivity index (χ2n) is 5.40. The minimum atomic E-state index is -4.66. The summed E-state index contributed by atoms with van der Waals surface area (Å²) < 4.78 is 40.9. The van der Waals surface area contributed by atoms with Crippen molar-refractivity contribution in [3.05, 3.63) is 52.1 Å². The number of non-ortho nitro benzene ring substituents is 1. The smallest absolute Gasteiger partial charge is 0.288 e. The van der Waals surface area contributed by atoms with Gasteiger partial charge in [0.05, 0.1) is 10.3 Å². The minimum absolute atomic E-state index is 0.0303. The van der Waals surface area contributed by atoms with Gasteiger partial charge in [-0.2, -0.15) is 13.2 Å². The number of benzene rings is 2. The van der Waals surface area contributed by atoms with Gasteiger partial charge in [0.25, 0.3) is 5.69 Å². The van der Waals surface area contributed by atoms with E-state index in [2.05, 4.69) is 5.43 Å². The van der Waals surface area contributed by atoms with Crippen molar-refractivity contribution in [3.8, 4) is 0 Å². The van der Waals surface area contributed by atoms with E-state index in [1.807, 2.05) is 0 Å². The molecule has 6 nitrogen and oxygen atoms in total. The number of hydrogen-bond acceptors (Lipinski definition) is 4. The summed E-state index contributed by atoms with van der Waals surface area (Å²) in [5.74, 6) is -0.490. The van der Waals surface area contributed by atoms with Crippen LogP contribution in [0.2, 0.25) is 0 Å². The monoisotopic (exact) mass is 339 g/mol. The Kier molecular flexibility index (Phi) is 3.88. The topological polar surface area (TPSA) is 75.5 Å².